The summed E-state index contributed by atoms with van der Waals surface area (Å²) in [5.41, 5.74) is 3.65. The predicted octanol–water partition coefficient (Wildman–Crippen LogP) is 5.03. The molecular formula is C19H23NO2. The topological polar surface area (TPSA) is 29.5 Å². The van der Waals surface area contributed by atoms with E-state index in [1.165, 1.54) is 0 Å². The first-order chi connectivity index (χ1) is 10.3. The van der Waals surface area contributed by atoms with Gasteiger partial charge in [0.1, 0.15) is 5.60 Å². The predicted molar refractivity (Wildman–Crippen MR) is 91.3 cm³/mol. The van der Waals surface area contributed by atoms with Crippen LogP contribution in [0.3, 0.4) is 0 Å². The Hall–Kier alpha value is -2.29. The summed E-state index contributed by atoms with van der Waals surface area (Å²) in [5, 5.41) is 0. The second kappa shape index (κ2) is 6.22. The van der Waals surface area contributed by atoms with Gasteiger partial charge in [0.05, 0.1) is 0 Å². The fraction of sp³-hybridized carbons (Fsp3) is 0.316. The Balaban J connectivity index is 2.32. The molecule has 0 bridgehead atoms. The number of hydrogen-bond acceptors (Lipinski definition) is 2. The third-order valence-electron chi connectivity index (χ3n) is 3.22. The van der Waals surface area contributed by atoms with Crippen molar-refractivity contribution in [2.24, 2.45) is 0 Å². The fourth-order valence-corrected chi connectivity index (χ4v) is 2.19. The van der Waals surface area contributed by atoms with Crippen LogP contribution in [0, 0.1) is 6.92 Å². The average Bonchev–Trinajstić information content (AvgIpc) is 2.45. The van der Waals surface area contributed by atoms with Gasteiger partial charge in [-0.05, 0) is 56.5 Å². The van der Waals surface area contributed by atoms with Gasteiger partial charge in [0, 0.05) is 12.7 Å². The van der Waals surface area contributed by atoms with E-state index in [9.17, 15) is 4.79 Å². The van der Waals surface area contributed by atoms with Crippen molar-refractivity contribution in [3.63, 3.8) is 0 Å². The number of carbonyl (C=O) groups excluding carboxylic acids is 1. The van der Waals surface area contributed by atoms with E-state index in [4.69, 9.17) is 4.74 Å². The highest BCUT2D eigenvalue weighted by molar-refractivity contribution is 5.88. The maximum Gasteiger partial charge on any atom is 0.414 e. The Labute approximate surface area is 132 Å². The largest absolute Gasteiger partial charge is 0.443 e. The molecule has 0 saturated carbocycles. The molecule has 0 unspecified atom stereocenters. The lowest BCUT2D eigenvalue weighted by molar-refractivity contribution is 0.0589. The molecule has 2 aromatic carbocycles. The third-order valence-corrected chi connectivity index (χ3v) is 3.22. The molecule has 0 radical (unpaired) electrons. The monoisotopic (exact) mass is 297 g/mol. The Bertz CT molecular complexity index is 657. The Kier molecular flexibility index (Phi) is 4.55. The molecule has 1 amide bonds. The van der Waals surface area contributed by atoms with Gasteiger partial charge in [-0.2, -0.15) is 0 Å². The lowest BCUT2D eigenvalue weighted by Crippen LogP contribution is -2.34. The van der Waals surface area contributed by atoms with Crippen LogP contribution in [-0.4, -0.2) is 18.7 Å². The molecule has 0 heterocycles. The summed E-state index contributed by atoms with van der Waals surface area (Å²) in [6.45, 7) is 7.62. The van der Waals surface area contributed by atoms with Crippen molar-refractivity contribution in [1.29, 1.82) is 0 Å². The zero-order chi connectivity index (χ0) is 16.3. The minimum absolute atomic E-state index is 0.350. The van der Waals surface area contributed by atoms with Crippen LogP contribution in [-0.2, 0) is 4.74 Å². The molecule has 0 spiro atoms. The highest BCUT2D eigenvalue weighted by atomic mass is 16.6. The van der Waals surface area contributed by atoms with E-state index < -0.39 is 5.60 Å². The average molecular weight is 297 g/mol. The van der Waals surface area contributed by atoms with Gasteiger partial charge < -0.3 is 4.74 Å². The number of ether oxygens (including phenoxy) is 1. The first kappa shape index (κ1) is 16.1. The number of aryl methyl sites for hydroxylation is 1. The highest BCUT2D eigenvalue weighted by Crippen LogP contribution is 2.27. The van der Waals surface area contributed by atoms with Crippen molar-refractivity contribution in [3.05, 3.63) is 54.1 Å². The van der Waals surface area contributed by atoms with Crippen molar-refractivity contribution in [2.75, 3.05) is 11.9 Å². The molecule has 3 heteroatoms. The van der Waals surface area contributed by atoms with Crippen LogP contribution in [0.1, 0.15) is 26.3 Å². The summed E-state index contributed by atoms with van der Waals surface area (Å²) in [6, 6.07) is 16.2. The van der Waals surface area contributed by atoms with Crippen molar-refractivity contribution < 1.29 is 9.53 Å². The molecule has 2 aromatic rings. The van der Waals surface area contributed by atoms with Gasteiger partial charge in [-0.25, -0.2) is 4.79 Å². The van der Waals surface area contributed by atoms with E-state index in [1.807, 2.05) is 58.0 Å². The molecule has 0 saturated heterocycles. The minimum Gasteiger partial charge on any atom is -0.443 e. The van der Waals surface area contributed by atoms with Gasteiger partial charge in [0.15, 0.2) is 0 Å². The van der Waals surface area contributed by atoms with Crippen LogP contribution in [0.15, 0.2) is 48.5 Å². The maximum atomic E-state index is 12.2. The molecule has 0 atom stereocenters. The molecule has 2 rings (SSSR count). The van der Waals surface area contributed by atoms with E-state index in [0.29, 0.717) is 0 Å². The summed E-state index contributed by atoms with van der Waals surface area (Å²) in [5.74, 6) is 0. The van der Waals surface area contributed by atoms with E-state index in [-0.39, 0.29) is 6.09 Å². The maximum absolute atomic E-state index is 12.2. The van der Waals surface area contributed by atoms with E-state index in [2.05, 4.69) is 18.2 Å². The van der Waals surface area contributed by atoms with Crippen LogP contribution in [0.2, 0.25) is 0 Å². The lowest BCUT2D eigenvalue weighted by atomic mass is 10.0. The summed E-state index contributed by atoms with van der Waals surface area (Å²) >= 11 is 0. The number of benzene rings is 2. The van der Waals surface area contributed by atoms with E-state index >= 15 is 0 Å². The van der Waals surface area contributed by atoms with Crippen LogP contribution in [0.25, 0.3) is 11.1 Å². The number of carbonyl (C=O) groups is 1. The summed E-state index contributed by atoms with van der Waals surface area (Å²) in [4.78, 5) is 13.8. The molecule has 3 nitrogen and oxygen atoms in total. The number of hydrogen-bond donors (Lipinski definition) is 0. The van der Waals surface area contributed by atoms with Crippen LogP contribution in [0.5, 0.6) is 0 Å². The second-order valence-electron chi connectivity index (χ2n) is 6.46. The summed E-state index contributed by atoms with van der Waals surface area (Å²) < 4.78 is 5.43. The van der Waals surface area contributed by atoms with Gasteiger partial charge in [0.2, 0.25) is 0 Å². The molecule has 0 aromatic heterocycles. The van der Waals surface area contributed by atoms with Crippen molar-refractivity contribution in [2.45, 2.75) is 33.3 Å². The van der Waals surface area contributed by atoms with E-state index in [1.54, 1.807) is 11.9 Å². The zero-order valence-corrected chi connectivity index (χ0v) is 13.9. The van der Waals surface area contributed by atoms with Crippen LogP contribution in [0.4, 0.5) is 10.5 Å². The standard InChI is InChI=1S/C19H23NO2/c1-14-11-16(15-9-7-6-8-10-15)13-17(12-14)20(5)18(21)22-19(2,3)4/h6-13H,1-5H3. The number of anilines is 1. The molecular weight excluding hydrogens is 274 g/mol. The van der Waals surface area contributed by atoms with Crippen molar-refractivity contribution in [1.82, 2.24) is 0 Å². The quantitative estimate of drug-likeness (QED) is 0.777. The minimum atomic E-state index is -0.503. The summed E-state index contributed by atoms with van der Waals surface area (Å²) in [6.07, 6.45) is -0.350. The van der Waals surface area contributed by atoms with Gasteiger partial charge in [-0.15, -0.1) is 0 Å². The molecule has 0 aliphatic heterocycles. The van der Waals surface area contributed by atoms with E-state index in [0.717, 1.165) is 22.4 Å². The highest BCUT2D eigenvalue weighted by Gasteiger charge is 2.21. The molecule has 0 aliphatic rings. The molecule has 0 aliphatic carbocycles. The third kappa shape index (κ3) is 4.10. The molecule has 22 heavy (non-hydrogen) atoms. The van der Waals surface area contributed by atoms with Gasteiger partial charge >= 0.3 is 6.09 Å². The first-order valence-corrected chi connectivity index (χ1v) is 7.40. The number of amides is 1. The number of nitrogens with zero attached hydrogens (tertiary/aromatic N) is 1. The number of rotatable bonds is 2. The van der Waals surface area contributed by atoms with Crippen LogP contribution >= 0.6 is 0 Å². The van der Waals surface area contributed by atoms with Gasteiger partial charge in [-0.1, -0.05) is 36.4 Å². The van der Waals surface area contributed by atoms with Crippen LogP contribution < -0.4 is 4.90 Å². The summed E-state index contributed by atoms with van der Waals surface area (Å²) in [7, 11) is 1.73. The smallest absolute Gasteiger partial charge is 0.414 e. The Morgan fingerprint density at radius 1 is 1.00 bits per heavy atom. The lowest BCUT2D eigenvalue weighted by Gasteiger charge is -2.25. The molecule has 116 valence electrons. The first-order valence-electron chi connectivity index (χ1n) is 7.40. The van der Waals surface area contributed by atoms with Gasteiger partial charge in [-0.3, -0.25) is 4.90 Å². The molecule has 0 N–H and O–H groups in total. The normalized spacial score (nSPS) is 11.1. The molecule has 0 fully saturated rings. The van der Waals surface area contributed by atoms with Crippen molar-refractivity contribution >= 4 is 11.8 Å². The Morgan fingerprint density at radius 2 is 1.64 bits per heavy atom. The Morgan fingerprint density at radius 3 is 2.23 bits per heavy atom. The van der Waals surface area contributed by atoms with Gasteiger partial charge in [0.25, 0.3) is 0 Å². The zero-order valence-electron chi connectivity index (χ0n) is 13.9. The van der Waals surface area contributed by atoms with Crippen molar-refractivity contribution in [3.8, 4) is 11.1 Å². The fourth-order valence-electron chi connectivity index (χ4n) is 2.19. The second-order valence-corrected chi connectivity index (χ2v) is 6.46. The SMILES string of the molecule is Cc1cc(-c2ccccc2)cc(N(C)C(=O)OC(C)(C)C)c1.